The number of nitrogens with zero attached hydrogens (tertiary/aromatic N) is 3. The second-order valence-electron chi connectivity index (χ2n) is 5.10. The van der Waals surface area contributed by atoms with E-state index in [0.717, 1.165) is 18.7 Å². The van der Waals surface area contributed by atoms with Gasteiger partial charge in [0.25, 0.3) is 0 Å². The third-order valence-corrected chi connectivity index (χ3v) is 3.75. The van der Waals surface area contributed by atoms with Gasteiger partial charge in [-0.3, -0.25) is 9.48 Å². The van der Waals surface area contributed by atoms with Gasteiger partial charge in [0.1, 0.15) is 6.04 Å². The Balaban J connectivity index is 1.98. The molecule has 1 unspecified atom stereocenters. The van der Waals surface area contributed by atoms with Crippen LogP contribution in [0.4, 0.5) is 0 Å². The maximum atomic E-state index is 12.3. The van der Waals surface area contributed by atoms with Gasteiger partial charge in [-0.05, 0) is 25.7 Å². The number of nitrogens with two attached hydrogens (primary N) is 1. The van der Waals surface area contributed by atoms with E-state index in [1.54, 1.807) is 17.1 Å². The van der Waals surface area contributed by atoms with E-state index in [9.17, 15) is 4.79 Å². The lowest BCUT2D eigenvalue weighted by Crippen LogP contribution is -2.42. The summed E-state index contributed by atoms with van der Waals surface area (Å²) in [6, 6.07) is -0.585. The first-order valence-electron chi connectivity index (χ1n) is 6.64. The van der Waals surface area contributed by atoms with Gasteiger partial charge in [0.2, 0.25) is 5.91 Å². The summed E-state index contributed by atoms with van der Waals surface area (Å²) in [5.41, 5.74) is 6.81. The molecule has 0 spiro atoms. The second-order valence-corrected chi connectivity index (χ2v) is 5.10. The standard InChI is InChI=1S/C13H22N4O/c1-3-17(8-10-5-4-6-10)13(18)12(14)11-7-15-16(2)9-11/h7,9-10,12H,3-6,8,14H2,1-2H3. The SMILES string of the molecule is CCN(CC1CCC1)C(=O)C(N)c1cnn(C)c1. The zero-order chi connectivity index (χ0) is 13.1. The molecule has 1 fully saturated rings. The van der Waals surface area contributed by atoms with Crippen LogP contribution in [0.5, 0.6) is 0 Å². The molecule has 5 nitrogen and oxygen atoms in total. The zero-order valence-electron chi connectivity index (χ0n) is 11.2. The summed E-state index contributed by atoms with van der Waals surface area (Å²) in [5.74, 6) is 0.687. The molecule has 5 heteroatoms. The van der Waals surface area contributed by atoms with E-state index < -0.39 is 6.04 Å². The maximum absolute atomic E-state index is 12.3. The number of hydrogen-bond donors (Lipinski definition) is 1. The molecule has 18 heavy (non-hydrogen) atoms. The summed E-state index contributed by atoms with van der Waals surface area (Å²) in [4.78, 5) is 14.2. The Morgan fingerprint density at radius 1 is 1.67 bits per heavy atom. The molecule has 1 aromatic rings. The molecular formula is C13H22N4O. The predicted octanol–water partition coefficient (Wildman–Crippen LogP) is 1.07. The van der Waals surface area contributed by atoms with E-state index in [-0.39, 0.29) is 5.91 Å². The van der Waals surface area contributed by atoms with E-state index in [1.807, 2.05) is 18.9 Å². The number of aryl methyl sites for hydroxylation is 1. The molecule has 0 aliphatic heterocycles. The minimum absolute atomic E-state index is 0.0115. The van der Waals surface area contributed by atoms with Crippen LogP contribution in [-0.2, 0) is 11.8 Å². The number of likely N-dealkylation sites (N-methyl/N-ethyl adjacent to an activating group) is 1. The Labute approximate surface area is 108 Å². The lowest BCUT2D eigenvalue weighted by atomic mass is 9.85. The molecular weight excluding hydrogens is 228 g/mol. The van der Waals surface area contributed by atoms with Crippen molar-refractivity contribution in [1.29, 1.82) is 0 Å². The highest BCUT2D eigenvalue weighted by Gasteiger charge is 2.26. The van der Waals surface area contributed by atoms with Crippen molar-refractivity contribution < 1.29 is 4.79 Å². The second kappa shape index (κ2) is 5.52. The van der Waals surface area contributed by atoms with Crippen LogP contribution in [-0.4, -0.2) is 33.7 Å². The van der Waals surface area contributed by atoms with Crippen LogP contribution in [0.3, 0.4) is 0 Å². The highest BCUT2D eigenvalue weighted by molar-refractivity contribution is 5.82. The summed E-state index contributed by atoms with van der Waals surface area (Å²) in [5, 5.41) is 4.06. The Morgan fingerprint density at radius 2 is 2.39 bits per heavy atom. The highest BCUT2D eigenvalue weighted by atomic mass is 16.2. The fourth-order valence-electron chi connectivity index (χ4n) is 2.30. The summed E-state index contributed by atoms with van der Waals surface area (Å²) < 4.78 is 1.67. The molecule has 1 atom stereocenters. The van der Waals surface area contributed by atoms with Gasteiger partial charge in [-0.1, -0.05) is 6.42 Å². The van der Waals surface area contributed by atoms with Crippen LogP contribution < -0.4 is 5.73 Å². The molecule has 2 N–H and O–H groups in total. The average Bonchev–Trinajstić information content (AvgIpc) is 2.73. The topological polar surface area (TPSA) is 64.2 Å². The van der Waals surface area contributed by atoms with Gasteiger partial charge in [0, 0.05) is 31.9 Å². The largest absolute Gasteiger partial charge is 0.341 e. The van der Waals surface area contributed by atoms with Crippen LogP contribution in [0.2, 0.25) is 0 Å². The molecule has 1 saturated carbocycles. The molecule has 1 amide bonds. The van der Waals surface area contributed by atoms with Gasteiger partial charge in [-0.2, -0.15) is 5.10 Å². The van der Waals surface area contributed by atoms with Gasteiger partial charge in [0.15, 0.2) is 0 Å². The van der Waals surface area contributed by atoms with E-state index in [2.05, 4.69) is 5.10 Å². The summed E-state index contributed by atoms with van der Waals surface area (Å²) in [6.07, 6.45) is 7.25. The molecule has 1 aliphatic rings. The predicted molar refractivity (Wildman–Crippen MR) is 69.7 cm³/mol. The normalized spacial score (nSPS) is 17.3. The van der Waals surface area contributed by atoms with Crippen molar-refractivity contribution in [3.63, 3.8) is 0 Å². The average molecular weight is 250 g/mol. The van der Waals surface area contributed by atoms with Crippen molar-refractivity contribution in [3.05, 3.63) is 18.0 Å². The fraction of sp³-hybridized carbons (Fsp3) is 0.692. The molecule has 1 aliphatic carbocycles. The first-order valence-corrected chi connectivity index (χ1v) is 6.64. The highest BCUT2D eigenvalue weighted by Crippen LogP contribution is 2.27. The summed E-state index contributed by atoms with van der Waals surface area (Å²) >= 11 is 0. The molecule has 1 heterocycles. The minimum atomic E-state index is -0.585. The molecule has 0 radical (unpaired) electrons. The fourth-order valence-corrected chi connectivity index (χ4v) is 2.30. The molecule has 0 aromatic carbocycles. The third kappa shape index (κ3) is 2.72. The monoisotopic (exact) mass is 250 g/mol. The van der Waals surface area contributed by atoms with Gasteiger partial charge in [-0.15, -0.1) is 0 Å². The van der Waals surface area contributed by atoms with Crippen LogP contribution in [0.15, 0.2) is 12.4 Å². The zero-order valence-corrected chi connectivity index (χ0v) is 11.2. The molecule has 100 valence electrons. The lowest BCUT2D eigenvalue weighted by molar-refractivity contribution is -0.133. The van der Waals surface area contributed by atoms with Crippen LogP contribution in [0.1, 0.15) is 37.8 Å². The van der Waals surface area contributed by atoms with Gasteiger partial charge < -0.3 is 10.6 Å². The Bertz CT molecular complexity index is 411. The summed E-state index contributed by atoms with van der Waals surface area (Å²) in [7, 11) is 1.83. The first kappa shape index (κ1) is 13.1. The van der Waals surface area contributed by atoms with Crippen LogP contribution in [0.25, 0.3) is 0 Å². The smallest absolute Gasteiger partial charge is 0.244 e. The van der Waals surface area contributed by atoms with E-state index in [0.29, 0.717) is 5.92 Å². The Hall–Kier alpha value is -1.36. The molecule has 0 bridgehead atoms. The van der Waals surface area contributed by atoms with Crippen molar-refractivity contribution in [2.45, 2.75) is 32.2 Å². The van der Waals surface area contributed by atoms with Crippen molar-refractivity contribution in [2.24, 2.45) is 18.7 Å². The van der Waals surface area contributed by atoms with Gasteiger partial charge >= 0.3 is 0 Å². The van der Waals surface area contributed by atoms with Crippen molar-refractivity contribution in [1.82, 2.24) is 14.7 Å². The Kier molecular flexibility index (Phi) is 4.01. The number of carbonyl (C=O) groups is 1. The van der Waals surface area contributed by atoms with E-state index >= 15 is 0 Å². The number of aromatic nitrogens is 2. The first-order chi connectivity index (χ1) is 8.61. The Morgan fingerprint density at radius 3 is 2.83 bits per heavy atom. The number of carbonyl (C=O) groups excluding carboxylic acids is 1. The number of amides is 1. The van der Waals surface area contributed by atoms with Crippen molar-refractivity contribution in [3.8, 4) is 0 Å². The lowest BCUT2D eigenvalue weighted by Gasteiger charge is -2.33. The number of rotatable bonds is 5. The number of hydrogen-bond acceptors (Lipinski definition) is 3. The van der Waals surface area contributed by atoms with Crippen molar-refractivity contribution >= 4 is 5.91 Å². The minimum Gasteiger partial charge on any atom is -0.341 e. The quantitative estimate of drug-likeness (QED) is 0.850. The van der Waals surface area contributed by atoms with Gasteiger partial charge in [-0.25, -0.2) is 0 Å². The van der Waals surface area contributed by atoms with Crippen LogP contribution in [0, 0.1) is 5.92 Å². The van der Waals surface area contributed by atoms with E-state index in [1.165, 1.54) is 19.3 Å². The van der Waals surface area contributed by atoms with Gasteiger partial charge in [0.05, 0.1) is 6.20 Å². The van der Waals surface area contributed by atoms with E-state index in [4.69, 9.17) is 5.73 Å². The van der Waals surface area contributed by atoms with Crippen molar-refractivity contribution in [2.75, 3.05) is 13.1 Å². The molecule has 2 rings (SSSR count). The molecule has 1 aromatic heterocycles. The molecule has 0 saturated heterocycles. The van der Waals surface area contributed by atoms with Crippen LogP contribution >= 0.6 is 0 Å². The summed E-state index contributed by atoms with van der Waals surface area (Å²) in [6.45, 7) is 3.58. The third-order valence-electron chi connectivity index (χ3n) is 3.75. The maximum Gasteiger partial charge on any atom is 0.244 e.